The molecule has 0 saturated carbocycles. The van der Waals surface area contributed by atoms with Gasteiger partial charge in [-0.05, 0) is 24.3 Å². The lowest BCUT2D eigenvalue weighted by Crippen LogP contribution is -2.09. The van der Waals surface area contributed by atoms with Crippen molar-refractivity contribution in [2.24, 2.45) is 5.84 Å². The molecule has 1 aromatic carbocycles. The summed E-state index contributed by atoms with van der Waals surface area (Å²) in [6.07, 6.45) is 2.99. The number of nitrogens with one attached hydrogen (secondary N) is 1. The SMILES string of the molecule is NNc1ncnc2c1cnn2-c1ccc(F)cc1. The molecule has 3 aromatic rings. The molecule has 0 radical (unpaired) electrons. The summed E-state index contributed by atoms with van der Waals surface area (Å²) in [5, 5.41) is 4.90. The lowest BCUT2D eigenvalue weighted by Gasteiger charge is -2.03. The molecule has 0 fully saturated rings. The average Bonchev–Trinajstić information content (AvgIpc) is 2.83. The van der Waals surface area contributed by atoms with Crippen molar-refractivity contribution in [2.75, 3.05) is 5.43 Å². The summed E-state index contributed by atoms with van der Waals surface area (Å²) in [5.74, 6) is 5.55. The van der Waals surface area contributed by atoms with E-state index in [0.29, 0.717) is 22.5 Å². The Bertz CT molecular complexity index is 690. The fourth-order valence-electron chi connectivity index (χ4n) is 1.73. The maximum absolute atomic E-state index is 12.9. The minimum atomic E-state index is -0.297. The molecule has 0 aliphatic carbocycles. The van der Waals surface area contributed by atoms with Gasteiger partial charge >= 0.3 is 0 Å². The van der Waals surface area contributed by atoms with E-state index in [1.54, 1.807) is 23.0 Å². The van der Waals surface area contributed by atoms with Gasteiger partial charge in [-0.3, -0.25) is 0 Å². The molecule has 0 amide bonds. The first kappa shape index (κ1) is 10.6. The quantitative estimate of drug-likeness (QED) is 0.523. The molecule has 0 saturated heterocycles. The van der Waals surface area contributed by atoms with Gasteiger partial charge in [0.25, 0.3) is 0 Å². The highest BCUT2D eigenvalue weighted by Gasteiger charge is 2.10. The molecule has 0 aliphatic rings. The van der Waals surface area contributed by atoms with E-state index >= 15 is 0 Å². The molecule has 6 nitrogen and oxygen atoms in total. The van der Waals surface area contributed by atoms with Crippen molar-refractivity contribution in [1.82, 2.24) is 19.7 Å². The summed E-state index contributed by atoms with van der Waals surface area (Å²) in [5.41, 5.74) is 3.80. The van der Waals surface area contributed by atoms with Crippen LogP contribution in [-0.4, -0.2) is 19.7 Å². The summed E-state index contributed by atoms with van der Waals surface area (Å²) in [6, 6.07) is 5.98. The average molecular weight is 244 g/mol. The van der Waals surface area contributed by atoms with Gasteiger partial charge in [0.1, 0.15) is 12.1 Å². The Hall–Kier alpha value is -2.54. The zero-order valence-corrected chi connectivity index (χ0v) is 9.21. The number of nitrogen functional groups attached to an aromatic ring is 1. The molecule has 18 heavy (non-hydrogen) atoms. The molecular weight excluding hydrogens is 235 g/mol. The number of benzene rings is 1. The summed E-state index contributed by atoms with van der Waals surface area (Å²) < 4.78 is 14.5. The predicted octanol–water partition coefficient (Wildman–Crippen LogP) is 1.24. The van der Waals surface area contributed by atoms with Crippen molar-refractivity contribution in [1.29, 1.82) is 0 Å². The highest BCUT2D eigenvalue weighted by Crippen LogP contribution is 2.20. The molecule has 3 N–H and O–H groups in total. The smallest absolute Gasteiger partial charge is 0.168 e. The number of nitrogens with two attached hydrogens (primary N) is 1. The second kappa shape index (κ2) is 4.04. The number of halogens is 1. The molecular formula is C11H9FN6. The van der Waals surface area contributed by atoms with E-state index in [2.05, 4.69) is 20.5 Å². The van der Waals surface area contributed by atoms with E-state index in [4.69, 9.17) is 5.84 Å². The minimum Gasteiger partial charge on any atom is -0.308 e. The van der Waals surface area contributed by atoms with Crippen LogP contribution in [0, 0.1) is 5.82 Å². The van der Waals surface area contributed by atoms with E-state index in [1.165, 1.54) is 18.5 Å². The Balaban J connectivity index is 2.21. The van der Waals surface area contributed by atoms with E-state index in [0.717, 1.165) is 0 Å². The van der Waals surface area contributed by atoms with Crippen molar-refractivity contribution >= 4 is 16.9 Å². The van der Waals surface area contributed by atoms with Crippen LogP contribution in [0.4, 0.5) is 10.2 Å². The van der Waals surface area contributed by atoms with E-state index in [-0.39, 0.29) is 5.82 Å². The van der Waals surface area contributed by atoms with Gasteiger partial charge in [0, 0.05) is 0 Å². The number of hydrazine groups is 1. The third-order valence-corrected chi connectivity index (χ3v) is 2.57. The van der Waals surface area contributed by atoms with Gasteiger partial charge < -0.3 is 5.43 Å². The van der Waals surface area contributed by atoms with E-state index in [1.807, 2.05) is 0 Å². The fourth-order valence-corrected chi connectivity index (χ4v) is 1.73. The van der Waals surface area contributed by atoms with Gasteiger partial charge in [-0.2, -0.15) is 5.10 Å². The number of aromatic nitrogens is 4. The summed E-state index contributed by atoms with van der Waals surface area (Å²) in [7, 11) is 0. The van der Waals surface area contributed by atoms with Crippen LogP contribution in [0.5, 0.6) is 0 Å². The Morgan fingerprint density at radius 2 is 1.94 bits per heavy atom. The number of anilines is 1. The largest absolute Gasteiger partial charge is 0.308 e. The maximum Gasteiger partial charge on any atom is 0.168 e. The van der Waals surface area contributed by atoms with Gasteiger partial charge in [0.05, 0.1) is 17.3 Å². The van der Waals surface area contributed by atoms with Crippen molar-refractivity contribution in [3.05, 3.63) is 42.6 Å². The fraction of sp³-hybridized carbons (Fsp3) is 0. The van der Waals surface area contributed by atoms with Crippen LogP contribution in [0.1, 0.15) is 0 Å². The predicted molar refractivity (Wildman–Crippen MR) is 64.4 cm³/mol. The van der Waals surface area contributed by atoms with Gasteiger partial charge in [-0.1, -0.05) is 0 Å². The Morgan fingerprint density at radius 3 is 2.67 bits per heavy atom. The molecule has 7 heteroatoms. The third kappa shape index (κ3) is 1.57. The number of rotatable bonds is 2. The van der Waals surface area contributed by atoms with Gasteiger partial charge in [0.2, 0.25) is 0 Å². The molecule has 0 bridgehead atoms. The highest BCUT2D eigenvalue weighted by molar-refractivity contribution is 5.86. The molecule has 90 valence electrons. The zero-order valence-electron chi connectivity index (χ0n) is 9.21. The normalized spacial score (nSPS) is 10.8. The second-order valence-electron chi connectivity index (χ2n) is 3.64. The summed E-state index contributed by atoms with van der Waals surface area (Å²) in [4.78, 5) is 8.13. The Labute approximate surface area is 101 Å². The highest BCUT2D eigenvalue weighted by atomic mass is 19.1. The van der Waals surface area contributed by atoms with Crippen LogP contribution in [0.3, 0.4) is 0 Å². The molecule has 0 aliphatic heterocycles. The van der Waals surface area contributed by atoms with Crippen molar-refractivity contribution < 1.29 is 4.39 Å². The summed E-state index contributed by atoms with van der Waals surface area (Å²) in [6.45, 7) is 0. The Kier molecular flexibility index (Phi) is 2.38. The van der Waals surface area contributed by atoms with Crippen LogP contribution in [0.2, 0.25) is 0 Å². The molecule has 2 heterocycles. The minimum absolute atomic E-state index is 0.297. The van der Waals surface area contributed by atoms with Crippen molar-refractivity contribution in [3.8, 4) is 5.69 Å². The van der Waals surface area contributed by atoms with Crippen LogP contribution >= 0.6 is 0 Å². The van der Waals surface area contributed by atoms with Crippen LogP contribution in [-0.2, 0) is 0 Å². The third-order valence-electron chi connectivity index (χ3n) is 2.57. The topological polar surface area (TPSA) is 81.7 Å². The number of hydrogen-bond donors (Lipinski definition) is 2. The van der Waals surface area contributed by atoms with Gasteiger partial charge in [0.15, 0.2) is 11.5 Å². The zero-order chi connectivity index (χ0) is 12.5. The second-order valence-corrected chi connectivity index (χ2v) is 3.64. The molecule has 0 atom stereocenters. The first-order chi connectivity index (χ1) is 8.79. The molecule has 2 aromatic heterocycles. The van der Waals surface area contributed by atoms with Crippen LogP contribution in [0.15, 0.2) is 36.8 Å². The van der Waals surface area contributed by atoms with E-state index in [9.17, 15) is 4.39 Å². The standard InChI is InChI=1S/C11H9FN6/c12-7-1-3-8(4-2-7)18-11-9(5-16-18)10(17-13)14-6-15-11/h1-6H,13H2,(H,14,15,17). The number of hydrogen-bond acceptors (Lipinski definition) is 5. The molecule has 0 unspecified atom stereocenters. The lowest BCUT2D eigenvalue weighted by atomic mass is 10.3. The summed E-state index contributed by atoms with van der Waals surface area (Å²) >= 11 is 0. The number of nitrogens with zero attached hydrogens (tertiary/aromatic N) is 4. The van der Waals surface area contributed by atoms with Gasteiger partial charge in [-0.15, -0.1) is 0 Å². The van der Waals surface area contributed by atoms with Crippen molar-refractivity contribution in [3.63, 3.8) is 0 Å². The monoisotopic (exact) mass is 244 g/mol. The Morgan fingerprint density at radius 1 is 1.17 bits per heavy atom. The lowest BCUT2D eigenvalue weighted by molar-refractivity contribution is 0.627. The number of fused-ring (bicyclic) bond motifs is 1. The molecule has 3 rings (SSSR count). The van der Waals surface area contributed by atoms with Crippen molar-refractivity contribution in [2.45, 2.75) is 0 Å². The van der Waals surface area contributed by atoms with Crippen LogP contribution < -0.4 is 11.3 Å². The first-order valence-corrected chi connectivity index (χ1v) is 5.21. The van der Waals surface area contributed by atoms with E-state index < -0.39 is 0 Å². The van der Waals surface area contributed by atoms with Crippen LogP contribution in [0.25, 0.3) is 16.7 Å². The first-order valence-electron chi connectivity index (χ1n) is 5.21. The molecule has 0 spiro atoms. The maximum atomic E-state index is 12.9. The van der Waals surface area contributed by atoms with Gasteiger partial charge in [-0.25, -0.2) is 24.9 Å².